The fourth-order valence-electron chi connectivity index (χ4n) is 2.53. The zero-order valence-corrected chi connectivity index (χ0v) is 13.6. The van der Waals surface area contributed by atoms with E-state index in [2.05, 4.69) is 10.2 Å². The van der Waals surface area contributed by atoms with Gasteiger partial charge >= 0.3 is 0 Å². The van der Waals surface area contributed by atoms with Crippen LogP contribution in [0.15, 0.2) is 52.7 Å². The first-order valence-corrected chi connectivity index (χ1v) is 7.46. The van der Waals surface area contributed by atoms with Crippen molar-refractivity contribution in [1.29, 1.82) is 0 Å². The lowest BCUT2D eigenvalue weighted by molar-refractivity contribution is 0.0946. The maximum Gasteiger partial charge on any atom is 0.295 e. The van der Waals surface area contributed by atoms with E-state index in [9.17, 15) is 19.8 Å². The van der Waals surface area contributed by atoms with Gasteiger partial charge in [-0.05, 0) is 36.8 Å². The molecular formula is C18H15N3O4. The van der Waals surface area contributed by atoms with Gasteiger partial charge in [0.2, 0.25) is 11.8 Å². The van der Waals surface area contributed by atoms with Crippen LogP contribution in [0, 0.1) is 6.92 Å². The molecule has 3 aromatic rings. The number of carbonyl (C=O) groups excluding carboxylic acids is 2. The summed E-state index contributed by atoms with van der Waals surface area (Å²) < 4.78 is 1.20. The molecule has 0 saturated carbocycles. The number of fused-ring (bicyclic) bond motifs is 1. The van der Waals surface area contributed by atoms with Crippen LogP contribution >= 0.6 is 0 Å². The van der Waals surface area contributed by atoms with Crippen LogP contribution in [0.5, 0.6) is 11.8 Å². The second kappa shape index (κ2) is 6.20. The van der Waals surface area contributed by atoms with E-state index in [1.165, 1.54) is 29.8 Å². The summed E-state index contributed by atoms with van der Waals surface area (Å²) >= 11 is 0. The van der Waals surface area contributed by atoms with E-state index in [0.29, 0.717) is 16.3 Å². The number of nitrogens with zero attached hydrogens (tertiary/aromatic N) is 3. The molecule has 25 heavy (non-hydrogen) atoms. The Labute approximate surface area is 142 Å². The van der Waals surface area contributed by atoms with Crippen LogP contribution in [0.2, 0.25) is 0 Å². The van der Waals surface area contributed by atoms with Crippen LogP contribution in [0.25, 0.3) is 10.8 Å². The van der Waals surface area contributed by atoms with E-state index in [1.807, 2.05) is 0 Å². The highest BCUT2D eigenvalue weighted by Gasteiger charge is 2.16. The van der Waals surface area contributed by atoms with Gasteiger partial charge in [-0.2, -0.15) is 0 Å². The number of amides is 2. The van der Waals surface area contributed by atoms with Gasteiger partial charge in [-0.15, -0.1) is 10.2 Å². The Morgan fingerprint density at radius 3 is 2.28 bits per heavy atom. The molecule has 7 heteroatoms. The lowest BCUT2D eigenvalue weighted by Crippen LogP contribution is -1.99. The highest BCUT2D eigenvalue weighted by Crippen LogP contribution is 2.35. The summed E-state index contributed by atoms with van der Waals surface area (Å²) in [5, 5.41) is 27.5. The van der Waals surface area contributed by atoms with Crippen LogP contribution in [-0.2, 0) is 7.05 Å². The van der Waals surface area contributed by atoms with Crippen molar-refractivity contribution in [2.24, 2.45) is 17.3 Å². The summed E-state index contributed by atoms with van der Waals surface area (Å²) in [7, 11) is 1.49. The van der Waals surface area contributed by atoms with Crippen molar-refractivity contribution in [1.82, 2.24) is 4.57 Å². The monoisotopic (exact) mass is 337 g/mol. The lowest BCUT2D eigenvalue weighted by atomic mass is 10.1. The molecular weight excluding hydrogens is 322 g/mol. The third kappa shape index (κ3) is 2.87. The summed E-state index contributed by atoms with van der Waals surface area (Å²) in [6.45, 7) is 1.77. The number of rotatable bonds is 2. The van der Waals surface area contributed by atoms with Crippen molar-refractivity contribution in [2.45, 2.75) is 6.92 Å². The molecule has 0 saturated heterocycles. The summed E-state index contributed by atoms with van der Waals surface area (Å²) in [4.78, 5) is 24.2. The SMILES string of the molecule is Cc1ccccc1C(=O)N=NC(=O)c1ccc2c(O)n(C)c(O)c2c1. The summed E-state index contributed by atoms with van der Waals surface area (Å²) in [5.41, 5.74) is 1.26. The highest BCUT2D eigenvalue weighted by atomic mass is 16.3. The van der Waals surface area contributed by atoms with Crippen molar-refractivity contribution < 1.29 is 19.8 Å². The van der Waals surface area contributed by atoms with Gasteiger partial charge in [0.25, 0.3) is 11.8 Å². The summed E-state index contributed by atoms with van der Waals surface area (Å²) in [6.07, 6.45) is 0. The first-order chi connectivity index (χ1) is 11.9. The van der Waals surface area contributed by atoms with Crippen LogP contribution in [0.4, 0.5) is 0 Å². The zero-order valence-electron chi connectivity index (χ0n) is 13.6. The molecule has 0 spiro atoms. The molecule has 0 bridgehead atoms. The maximum atomic E-state index is 12.1. The van der Waals surface area contributed by atoms with Gasteiger partial charge in [-0.25, -0.2) is 0 Å². The fraction of sp³-hybridized carbons (Fsp3) is 0.111. The van der Waals surface area contributed by atoms with Crippen LogP contribution < -0.4 is 0 Å². The number of aryl methyl sites for hydroxylation is 1. The molecule has 0 radical (unpaired) electrons. The Morgan fingerprint density at radius 1 is 0.920 bits per heavy atom. The second-order valence-corrected chi connectivity index (χ2v) is 5.59. The van der Waals surface area contributed by atoms with E-state index < -0.39 is 11.8 Å². The summed E-state index contributed by atoms with van der Waals surface area (Å²) in [5.74, 6) is -1.60. The molecule has 0 aliphatic carbocycles. The number of hydrogen-bond donors (Lipinski definition) is 2. The molecule has 0 fully saturated rings. The highest BCUT2D eigenvalue weighted by molar-refractivity contribution is 6.03. The first kappa shape index (κ1) is 16.4. The van der Waals surface area contributed by atoms with Crippen molar-refractivity contribution in [3.8, 4) is 11.8 Å². The molecule has 2 amide bonds. The molecule has 0 unspecified atom stereocenters. The standard InChI is InChI=1S/C18H15N3O4/c1-10-5-3-4-6-12(10)16(23)20-19-15(22)11-7-8-13-14(9-11)18(25)21(2)17(13)24/h3-9,24-25H,1-2H3. The predicted molar refractivity (Wildman–Crippen MR) is 90.9 cm³/mol. The summed E-state index contributed by atoms with van der Waals surface area (Å²) in [6, 6.07) is 11.2. The van der Waals surface area contributed by atoms with Gasteiger partial charge in [-0.3, -0.25) is 14.2 Å². The van der Waals surface area contributed by atoms with Gasteiger partial charge in [0.05, 0.1) is 0 Å². The number of carbonyl (C=O) groups is 2. The normalized spacial score (nSPS) is 11.3. The minimum atomic E-state index is -0.716. The van der Waals surface area contributed by atoms with Crippen LogP contribution in [-0.4, -0.2) is 26.6 Å². The number of aromatic hydroxyl groups is 2. The molecule has 0 atom stereocenters. The molecule has 3 rings (SSSR count). The van der Waals surface area contributed by atoms with Crippen LogP contribution in [0.1, 0.15) is 26.3 Å². The second-order valence-electron chi connectivity index (χ2n) is 5.59. The average Bonchev–Trinajstić information content (AvgIpc) is 2.84. The van der Waals surface area contributed by atoms with Crippen molar-refractivity contribution in [3.05, 3.63) is 59.2 Å². The first-order valence-electron chi connectivity index (χ1n) is 7.46. The average molecular weight is 337 g/mol. The minimum absolute atomic E-state index is 0.108. The zero-order chi connectivity index (χ0) is 18.1. The Bertz CT molecular complexity index is 1030. The Balaban J connectivity index is 1.89. The van der Waals surface area contributed by atoms with Gasteiger partial charge < -0.3 is 10.2 Å². The molecule has 7 nitrogen and oxygen atoms in total. The molecule has 126 valence electrons. The van der Waals surface area contributed by atoms with E-state index in [1.54, 1.807) is 31.2 Å². The van der Waals surface area contributed by atoms with Gasteiger partial charge in [-0.1, -0.05) is 18.2 Å². The predicted octanol–water partition coefficient (Wildman–Crippen LogP) is 3.33. The largest absolute Gasteiger partial charge is 0.494 e. The fourth-order valence-corrected chi connectivity index (χ4v) is 2.53. The van der Waals surface area contributed by atoms with Gasteiger partial charge in [0.15, 0.2) is 0 Å². The van der Waals surface area contributed by atoms with Crippen molar-refractivity contribution in [3.63, 3.8) is 0 Å². The lowest BCUT2D eigenvalue weighted by Gasteiger charge is -1.99. The topological polar surface area (TPSA) is 104 Å². The molecule has 0 aliphatic rings. The third-order valence-electron chi connectivity index (χ3n) is 3.99. The van der Waals surface area contributed by atoms with E-state index >= 15 is 0 Å². The van der Waals surface area contributed by atoms with E-state index in [0.717, 1.165) is 5.56 Å². The van der Waals surface area contributed by atoms with E-state index in [-0.39, 0.29) is 17.3 Å². The molecule has 2 aromatic carbocycles. The molecule has 2 N–H and O–H groups in total. The maximum absolute atomic E-state index is 12.1. The number of aromatic nitrogens is 1. The Hall–Kier alpha value is -3.48. The molecule has 1 aromatic heterocycles. The van der Waals surface area contributed by atoms with Crippen LogP contribution in [0.3, 0.4) is 0 Å². The molecule has 0 aliphatic heterocycles. The van der Waals surface area contributed by atoms with Crippen molar-refractivity contribution in [2.75, 3.05) is 0 Å². The quantitative estimate of drug-likeness (QED) is 0.700. The number of hydrogen-bond acceptors (Lipinski definition) is 4. The Morgan fingerprint density at radius 2 is 1.56 bits per heavy atom. The smallest absolute Gasteiger partial charge is 0.295 e. The Kier molecular flexibility index (Phi) is 4.06. The minimum Gasteiger partial charge on any atom is -0.494 e. The number of benzene rings is 2. The number of azo groups is 1. The van der Waals surface area contributed by atoms with Gasteiger partial charge in [0.1, 0.15) is 0 Å². The third-order valence-corrected chi connectivity index (χ3v) is 3.99. The molecule has 1 heterocycles. The van der Waals surface area contributed by atoms with E-state index in [4.69, 9.17) is 0 Å². The van der Waals surface area contributed by atoms with Gasteiger partial charge in [0, 0.05) is 28.9 Å². The van der Waals surface area contributed by atoms with Crippen molar-refractivity contribution >= 4 is 22.6 Å².